The van der Waals surface area contributed by atoms with Crippen molar-refractivity contribution in [1.29, 1.82) is 0 Å². The van der Waals surface area contributed by atoms with Crippen LogP contribution in [0.15, 0.2) is 0 Å². The quantitative estimate of drug-likeness (QED) is 0.670. The number of carbonyl (C=O) groups excluding carboxylic acids is 1. The Balaban J connectivity index is 3.59. The molecule has 3 nitrogen and oxygen atoms in total. The molecule has 0 spiro atoms. The van der Waals surface area contributed by atoms with E-state index in [1.165, 1.54) is 6.92 Å². The lowest BCUT2D eigenvalue weighted by Crippen LogP contribution is -2.37. The van der Waals surface area contributed by atoms with Crippen molar-refractivity contribution in [2.75, 3.05) is 6.54 Å². The van der Waals surface area contributed by atoms with Gasteiger partial charge in [0.25, 0.3) is 0 Å². The summed E-state index contributed by atoms with van der Waals surface area (Å²) < 4.78 is 34.5. The zero-order chi connectivity index (χ0) is 9.78. The van der Waals surface area contributed by atoms with Crippen molar-refractivity contribution < 1.29 is 23.1 Å². The molecule has 0 aromatic carbocycles. The zero-order valence-electron chi connectivity index (χ0n) is 6.48. The highest BCUT2D eigenvalue weighted by Crippen LogP contribution is 2.13. The fourth-order valence-electron chi connectivity index (χ4n) is 0.495. The molecule has 0 aromatic rings. The molecule has 1 atom stereocenters. The van der Waals surface area contributed by atoms with Crippen molar-refractivity contribution in [2.24, 2.45) is 0 Å². The van der Waals surface area contributed by atoms with Crippen LogP contribution in [0.4, 0.5) is 13.2 Å². The molecule has 2 N–H and O–H groups in total. The van der Waals surface area contributed by atoms with Crippen molar-refractivity contribution >= 4 is 5.91 Å². The van der Waals surface area contributed by atoms with Gasteiger partial charge in [-0.2, -0.15) is 13.2 Å². The second kappa shape index (κ2) is 4.30. The Kier molecular flexibility index (Phi) is 4.02. The monoisotopic (exact) mass is 185 g/mol. The summed E-state index contributed by atoms with van der Waals surface area (Å²) in [6.07, 6.45) is -5.43. The van der Waals surface area contributed by atoms with E-state index < -0.39 is 18.2 Å². The standard InChI is InChI=1S/C6H10F3NO2/c1-4(11)2-3-10-5(12)6(7,8)9/h4,11H,2-3H2,1H3,(H,10,12)/t4-/m1/s1. The van der Waals surface area contributed by atoms with Gasteiger partial charge in [-0.1, -0.05) is 0 Å². The van der Waals surface area contributed by atoms with Crippen LogP contribution < -0.4 is 5.32 Å². The van der Waals surface area contributed by atoms with E-state index in [0.717, 1.165) is 0 Å². The smallest absolute Gasteiger partial charge is 0.393 e. The molecule has 0 fully saturated rings. The van der Waals surface area contributed by atoms with Gasteiger partial charge in [0.2, 0.25) is 0 Å². The molecular formula is C6H10F3NO2. The number of aliphatic hydroxyl groups is 1. The molecule has 0 aliphatic rings. The molecule has 12 heavy (non-hydrogen) atoms. The molecule has 0 unspecified atom stereocenters. The van der Waals surface area contributed by atoms with Crippen molar-refractivity contribution in [3.63, 3.8) is 0 Å². The lowest BCUT2D eigenvalue weighted by atomic mass is 10.3. The minimum Gasteiger partial charge on any atom is -0.393 e. The Labute approximate surface area is 67.6 Å². The molecule has 0 aliphatic carbocycles. The van der Waals surface area contributed by atoms with E-state index in [1.54, 1.807) is 5.32 Å². The predicted molar refractivity (Wildman–Crippen MR) is 35.4 cm³/mol. The number of amides is 1. The third-order valence-electron chi connectivity index (χ3n) is 1.11. The average molecular weight is 185 g/mol. The third-order valence-corrected chi connectivity index (χ3v) is 1.11. The third kappa shape index (κ3) is 4.95. The second-order valence-corrected chi connectivity index (χ2v) is 2.39. The summed E-state index contributed by atoms with van der Waals surface area (Å²) in [5, 5.41) is 10.3. The number of aliphatic hydroxyl groups excluding tert-OH is 1. The molecule has 0 rings (SSSR count). The van der Waals surface area contributed by atoms with Gasteiger partial charge in [0.15, 0.2) is 0 Å². The minimum absolute atomic E-state index is 0.113. The van der Waals surface area contributed by atoms with Crippen molar-refractivity contribution in [3.8, 4) is 0 Å². The van der Waals surface area contributed by atoms with Gasteiger partial charge in [-0.15, -0.1) is 0 Å². The minimum atomic E-state index is -4.83. The van der Waals surface area contributed by atoms with Gasteiger partial charge in [-0.25, -0.2) is 0 Å². The fraction of sp³-hybridized carbons (Fsp3) is 0.833. The molecule has 0 radical (unpaired) electrons. The zero-order valence-corrected chi connectivity index (χ0v) is 6.48. The predicted octanol–water partition coefficient (Wildman–Crippen LogP) is 0.436. The van der Waals surface area contributed by atoms with Gasteiger partial charge < -0.3 is 10.4 Å². The molecule has 0 aromatic heterocycles. The van der Waals surface area contributed by atoms with Crippen molar-refractivity contribution in [1.82, 2.24) is 5.32 Å². The van der Waals surface area contributed by atoms with E-state index >= 15 is 0 Å². The van der Waals surface area contributed by atoms with Crippen LogP contribution in [-0.4, -0.2) is 29.8 Å². The maximum Gasteiger partial charge on any atom is 0.471 e. The van der Waals surface area contributed by atoms with Crippen LogP contribution in [0, 0.1) is 0 Å². The first-order valence-electron chi connectivity index (χ1n) is 3.37. The lowest BCUT2D eigenvalue weighted by Gasteiger charge is -2.08. The van der Waals surface area contributed by atoms with E-state index in [2.05, 4.69) is 0 Å². The van der Waals surface area contributed by atoms with Crippen LogP contribution in [0.25, 0.3) is 0 Å². The highest BCUT2D eigenvalue weighted by Gasteiger charge is 2.38. The number of nitrogens with one attached hydrogen (secondary N) is 1. The summed E-state index contributed by atoms with van der Waals surface area (Å²) in [6, 6.07) is 0. The number of halogens is 3. The summed E-state index contributed by atoms with van der Waals surface area (Å²) in [7, 11) is 0. The van der Waals surface area contributed by atoms with Gasteiger partial charge in [0, 0.05) is 6.54 Å². The Hall–Kier alpha value is -0.780. The Morgan fingerprint density at radius 1 is 1.58 bits per heavy atom. The molecule has 72 valence electrons. The normalized spacial score (nSPS) is 14.1. The van der Waals surface area contributed by atoms with E-state index in [0.29, 0.717) is 0 Å². The van der Waals surface area contributed by atoms with Crippen LogP contribution in [0.2, 0.25) is 0 Å². The number of alkyl halides is 3. The second-order valence-electron chi connectivity index (χ2n) is 2.39. The highest BCUT2D eigenvalue weighted by atomic mass is 19.4. The van der Waals surface area contributed by atoms with E-state index in [-0.39, 0.29) is 13.0 Å². The largest absolute Gasteiger partial charge is 0.471 e. The van der Waals surface area contributed by atoms with Gasteiger partial charge in [0.1, 0.15) is 0 Å². The summed E-state index contributed by atoms with van der Waals surface area (Å²) in [5.74, 6) is -1.97. The summed E-state index contributed by atoms with van der Waals surface area (Å²) in [4.78, 5) is 10.1. The maximum atomic E-state index is 11.5. The number of carbonyl (C=O) groups is 1. The van der Waals surface area contributed by atoms with Crippen molar-refractivity contribution in [2.45, 2.75) is 25.6 Å². The lowest BCUT2D eigenvalue weighted by molar-refractivity contribution is -0.173. The molecule has 0 saturated carbocycles. The molecule has 6 heteroatoms. The number of rotatable bonds is 3. The van der Waals surface area contributed by atoms with Crippen LogP contribution in [0.5, 0.6) is 0 Å². The summed E-state index contributed by atoms with van der Waals surface area (Å²) in [5.41, 5.74) is 0. The summed E-state index contributed by atoms with van der Waals surface area (Å²) >= 11 is 0. The average Bonchev–Trinajstić information content (AvgIpc) is 1.84. The number of hydrogen-bond acceptors (Lipinski definition) is 2. The highest BCUT2D eigenvalue weighted by molar-refractivity contribution is 5.81. The molecule has 1 amide bonds. The van der Waals surface area contributed by atoms with Crippen LogP contribution in [0.1, 0.15) is 13.3 Å². The first kappa shape index (κ1) is 11.2. The molecule has 0 heterocycles. The van der Waals surface area contributed by atoms with Crippen LogP contribution >= 0.6 is 0 Å². The van der Waals surface area contributed by atoms with E-state index in [1.807, 2.05) is 0 Å². The SMILES string of the molecule is C[C@@H](O)CCNC(=O)C(F)(F)F. The maximum absolute atomic E-state index is 11.5. The Morgan fingerprint density at radius 2 is 2.08 bits per heavy atom. The first-order chi connectivity index (χ1) is 5.34. The van der Waals surface area contributed by atoms with Gasteiger partial charge >= 0.3 is 12.1 Å². The van der Waals surface area contributed by atoms with Gasteiger partial charge in [0.05, 0.1) is 6.10 Å². The Bertz CT molecular complexity index is 155. The molecule has 0 saturated heterocycles. The molecule has 0 aliphatic heterocycles. The topological polar surface area (TPSA) is 49.3 Å². The Morgan fingerprint density at radius 3 is 2.42 bits per heavy atom. The van der Waals surface area contributed by atoms with Crippen LogP contribution in [-0.2, 0) is 4.79 Å². The number of hydrogen-bond donors (Lipinski definition) is 2. The summed E-state index contributed by atoms with van der Waals surface area (Å²) in [6.45, 7) is 1.26. The van der Waals surface area contributed by atoms with E-state index in [9.17, 15) is 18.0 Å². The molecular weight excluding hydrogens is 175 g/mol. The van der Waals surface area contributed by atoms with E-state index in [4.69, 9.17) is 5.11 Å². The van der Waals surface area contributed by atoms with Gasteiger partial charge in [-0.3, -0.25) is 4.79 Å². The fourth-order valence-corrected chi connectivity index (χ4v) is 0.495. The first-order valence-corrected chi connectivity index (χ1v) is 3.37. The van der Waals surface area contributed by atoms with Gasteiger partial charge in [-0.05, 0) is 13.3 Å². The van der Waals surface area contributed by atoms with Crippen molar-refractivity contribution in [3.05, 3.63) is 0 Å². The van der Waals surface area contributed by atoms with Crippen LogP contribution in [0.3, 0.4) is 0 Å². The molecule has 0 bridgehead atoms.